The molecule has 10 heteroatoms. The molecule has 3 heterocycles. The van der Waals surface area contributed by atoms with Gasteiger partial charge in [-0.3, -0.25) is 19.2 Å². The summed E-state index contributed by atoms with van der Waals surface area (Å²) in [6, 6.07) is 17.2. The number of carbonyl (C=O) groups excluding carboxylic acids is 4. The van der Waals surface area contributed by atoms with Crippen molar-refractivity contribution >= 4 is 23.7 Å². The van der Waals surface area contributed by atoms with E-state index in [0.29, 0.717) is 31.4 Å². The van der Waals surface area contributed by atoms with Crippen LogP contribution in [0.5, 0.6) is 0 Å². The van der Waals surface area contributed by atoms with Crippen molar-refractivity contribution in [2.45, 2.75) is 75.5 Å². The number of nitrogens with zero attached hydrogens (tertiary/aromatic N) is 2. The smallest absolute Gasteiger partial charge is 0.313 e. The lowest BCUT2D eigenvalue weighted by atomic mass is 9.70. The van der Waals surface area contributed by atoms with Gasteiger partial charge in [-0.2, -0.15) is 0 Å². The second kappa shape index (κ2) is 15.1. The van der Waals surface area contributed by atoms with Gasteiger partial charge in [0.05, 0.1) is 24.0 Å². The summed E-state index contributed by atoms with van der Waals surface area (Å²) < 4.78 is 12.8. The molecule has 0 radical (unpaired) electrons. The van der Waals surface area contributed by atoms with Gasteiger partial charge in [-0.05, 0) is 43.7 Å². The van der Waals surface area contributed by atoms with Gasteiger partial charge in [-0.25, -0.2) is 0 Å². The van der Waals surface area contributed by atoms with Crippen LogP contribution in [0, 0.1) is 11.8 Å². The van der Waals surface area contributed by atoms with Gasteiger partial charge >= 0.3 is 5.97 Å². The summed E-state index contributed by atoms with van der Waals surface area (Å²) in [6.45, 7) is 9.86. The Kier molecular flexibility index (Phi) is 10.9. The van der Waals surface area contributed by atoms with Crippen molar-refractivity contribution in [3.63, 3.8) is 0 Å². The molecule has 1 spiro atoms. The molecule has 2 aromatic carbocycles. The summed E-state index contributed by atoms with van der Waals surface area (Å²) in [4.78, 5) is 58.7. The van der Waals surface area contributed by atoms with Gasteiger partial charge in [-0.15, -0.1) is 13.2 Å². The molecular formula is C37H45N3O7. The van der Waals surface area contributed by atoms with E-state index in [1.165, 1.54) is 4.90 Å². The summed E-state index contributed by atoms with van der Waals surface area (Å²) in [5, 5.41) is 12.6. The molecule has 7 atom stereocenters. The molecular weight excluding hydrogens is 598 g/mol. The normalized spacial score (nSPS) is 25.5. The van der Waals surface area contributed by atoms with Crippen molar-refractivity contribution in [2.75, 3.05) is 19.7 Å². The highest BCUT2D eigenvalue weighted by Crippen LogP contribution is 2.59. The fourth-order valence-corrected chi connectivity index (χ4v) is 7.49. The van der Waals surface area contributed by atoms with Crippen LogP contribution in [0.1, 0.15) is 56.3 Å². The van der Waals surface area contributed by atoms with Gasteiger partial charge in [0.25, 0.3) is 0 Å². The Labute approximate surface area is 276 Å². The van der Waals surface area contributed by atoms with Crippen LogP contribution in [0.25, 0.3) is 0 Å². The number of likely N-dealkylation sites (tertiary alicyclic amines) is 1. The van der Waals surface area contributed by atoms with Gasteiger partial charge in [0.2, 0.25) is 17.7 Å². The Hall–Kier alpha value is -4.28. The first-order chi connectivity index (χ1) is 22.7. The zero-order chi connectivity index (χ0) is 33.6. The summed E-state index contributed by atoms with van der Waals surface area (Å²) in [5.74, 6) is -3.27. The summed E-state index contributed by atoms with van der Waals surface area (Å²) in [5.41, 5.74) is 0.423. The Bertz CT molecular complexity index is 1450. The SMILES string of the molecule is C=CCCC(=O)N[C@H](C)[C@@H](OC(=O)[C@@H]1[C@H]2C(=O)N(CCCO)[C@H](C(=O)N(CC=C)Cc3ccccc3)[C@]23CC[C@H]1O3)c1ccccc1. The predicted octanol–water partition coefficient (Wildman–Crippen LogP) is 3.71. The van der Waals surface area contributed by atoms with E-state index in [-0.39, 0.29) is 50.3 Å². The van der Waals surface area contributed by atoms with Gasteiger partial charge in [-0.1, -0.05) is 72.8 Å². The summed E-state index contributed by atoms with van der Waals surface area (Å²) in [7, 11) is 0. The quantitative estimate of drug-likeness (QED) is 0.211. The van der Waals surface area contributed by atoms with Crippen LogP contribution >= 0.6 is 0 Å². The third-order valence-corrected chi connectivity index (χ3v) is 9.53. The topological polar surface area (TPSA) is 125 Å². The molecule has 250 valence electrons. The summed E-state index contributed by atoms with van der Waals surface area (Å²) >= 11 is 0. The van der Waals surface area contributed by atoms with Gasteiger partial charge in [0, 0.05) is 32.7 Å². The fraction of sp³-hybridized carbons (Fsp3) is 0.459. The van der Waals surface area contributed by atoms with E-state index >= 15 is 0 Å². The zero-order valence-electron chi connectivity index (χ0n) is 27.0. The van der Waals surface area contributed by atoms with E-state index in [2.05, 4.69) is 18.5 Å². The standard InChI is InChI=1S/C37H45N3O7/c1-4-6-18-29(42)38-25(3)32(27-16-11-8-12-17-27)46-36(45)30-28-19-20-37(47-28)31(30)34(43)40(22-13-23-41)33(37)35(44)39(21-5-2)24-26-14-9-7-10-15-26/h4-5,7-12,14-17,25,28,30-33,41H,1-2,6,13,18-24H2,3H3,(H,38,42)/t25-,28-,30+,31+,32-,33-,37+/m1/s1. The van der Waals surface area contributed by atoms with Crippen molar-refractivity contribution in [1.29, 1.82) is 0 Å². The minimum atomic E-state index is -1.21. The van der Waals surface area contributed by atoms with Crippen LogP contribution < -0.4 is 5.32 Å². The second-order valence-electron chi connectivity index (χ2n) is 12.6. The molecule has 2 bridgehead atoms. The average molecular weight is 644 g/mol. The second-order valence-corrected chi connectivity index (χ2v) is 12.6. The molecule has 2 N–H and O–H groups in total. The molecule has 0 aromatic heterocycles. The van der Waals surface area contributed by atoms with Crippen molar-refractivity contribution in [3.05, 3.63) is 97.1 Å². The minimum Gasteiger partial charge on any atom is -0.455 e. The lowest BCUT2D eigenvalue weighted by Gasteiger charge is -2.37. The Balaban J connectivity index is 1.44. The molecule has 3 saturated heterocycles. The first kappa shape index (κ1) is 34.1. The number of aliphatic hydroxyl groups excluding tert-OH is 1. The zero-order valence-corrected chi connectivity index (χ0v) is 27.0. The number of esters is 1. The average Bonchev–Trinajstić information content (AvgIpc) is 3.72. The Morgan fingerprint density at radius 1 is 1.13 bits per heavy atom. The van der Waals surface area contributed by atoms with E-state index in [0.717, 1.165) is 5.56 Å². The third kappa shape index (κ3) is 6.89. The van der Waals surface area contributed by atoms with Crippen LogP contribution in [0.4, 0.5) is 0 Å². The van der Waals surface area contributed by atoms with Crippen molar-refractivity contribution < 1.29 is 33.8 Å². The number of carbonyl (C=O) groups is 4. The van der Waals surface area contributed by atoms with E-state index in [1.54, 1.807) is 24.0 Å². The largest absolute Gasteiger partial charge is 0.455 e. The summed E-state index contributed by atoms with van der Waals surface area (Å²) in [6.07, 6.45) is 3.89. The number of allylic oxidation sites excluding steroid dienone is 1. The van der Waals surface area contributed by atoms with E-state index < -0.39 is 47.7 Å². The third-order valence-electron chi connectivity index (χ3n) is 9.53. The molecule has 47 heavy (non-hydrogen) atoms. The van der Waals surface area contributed by atoms with Crippen LogP contribution in [0.2, 0.25) is 0 Å². The van der Waals surface area contributed by atoms with E-state index in [1.807, 2.05) is 60.7 Å². The monoisotopic (exact) mass is 643 g/mol. The number of nitrogens with one attached hydrogen (secondary N) is 1. The maximum atomic E-state index is 14.5. The predicted molar refractivity (Wildman–Crippen MR) is 175 cm³/mol. The fourth-order valence-electron chi connectivity index (χ4n) is 7.49. The number of hydrogen-bond acceptors (Lipinski definition) is 7. The maximum Gasteiger partial charge on any atom is 0.313 e. The number of hydrogen-bond donors (Lipinski definition) is 2. The maximum absolute atomic E-state index is 14.5. The number of ether oxygens (including phenoxy) is 2. The van der Waals surface area contributed by atoms with Crippen LogP contribution in [0.15, 0.2) is 86.0 Å². The first-order valence-corrected chi connectivity index (χ1v) is 16.4. The highest BCUT2D eigenvalue weighted by molar-refractivity contribution is 5.98. The highest BCUT2D eigenvalue weighted by atomic mass is 16.6. The van der Waals surface area contributed by atoms with Crippen LogP contribution in [-0.4, -0.2) is 82.1 Å². The molecule has 3 fully saturated rings. The highest BCUT2D eigenvalue weighted by Gasteiger charge is 2.75. The van der Waals surface area contributed by atoms with Crippen molar-refractivity contribution in [3.8, 4) is 0 Å². The molecule has 0 saturated carbocycles. The number of rotatable bonds is 16. The lowest BCUT2D eigenvalue weighted by molar-refractivity contribution is -0.162. The van der Waals surface area contributed by atoms with Crippen LogP contribution in [-0.2, 0) is 35.2 Å². The molecule has 3 amide bonds. The molecule has 3 aliphatic rings. The van der Waals surface area contributed by atoms with Gasteiger partial charge < -0.3 is 29.7 Å². The molecule has 0 unspecified atom stereocenters. The van der Waals surface area contributed by atoms with Crippen molar-refractivity contribution in [1.82, 2.24) is 15.1 Å². The number of amides is 3. The number of fused-ring (bicyclic) bond motifs is 1. The molecule has 5 rings (SSSR count). The van der Waals surface area contributed by atoms with E-state index in [4.69, 9.17) is 9.47 Å². The Morgan fingerprint density at radius 2 is 1.83 bits per heavy atom. The lowest BCUT2D eigenvalue weighted by Crippen LogP contribution is -2.56. The molecule has 0 aliphatic carbocycles. The number of benzene rings is 2. The first-order valence-electron chi connectivity index (χ1n) is 16.4. The van der Waals surface area contributed by atoms with Gasteiger partial charge in [0.1, 0.15) is 17.7 Å². The Morgan fingerprint density at radius 3 is 2.49 bits per heavy atom. The van der Waals surface area contributed by atoms with Gasteiger partial charge in [0.15, 0.2) is 0 Å². The molecule has 3 aliphatic heterocycles. The molecule has 2 aromatic rings. The molecule has 10 nitrogen and oxygen atoms in total. The van der Waals surface area contributed by atoms with Crippen molar-refractivity contribution in [2.24, 2.45) is 11.8 Å². The van der Waals surface area contributed by atoms with E-state index in [9.17, 15) is 24.3 Å². The minimum absolute atomic E-state index is 0.146. The number of aliphatic hydroxyl groups is 1. The van der Waals surface area contributed by atoms with Crippen LogP contribution in [0.3, 0.4) is 0 Å².